The lowest BCUT2D eigenvalue weighted by molar-refractivity contribution is -0.154. The molecule has 8 heteroatoms. The molecule has 0 bridgehead atoms. The number of rotatable bonds is 15. The Morgan fingerprint density at radius 2 is 1.92 bits per heavy atom. The van der Waals surface area contributed by atoms with E-state index in [2.05, 4.69) is 40.7 Å². The molecular formula is C28H40INO5S. The van der Waals surface area contributed by atoms with Crippen molar-refractivity contribution in [2.75, 3.05) is 0 Å². The molecule has 1 heterocycles. The van der Waals surface area contributed by atoms with E-state index in [9.17, 15) is 19.8 Å². The molecule has 1 aromatic heterocycles. The van der Waals surface area contributed by atoms with E-state index in [1.54, 1.807) is 45.1 Å². The van der Waals surface area contributed by atoms with Crippen molar-refractivity contribution in [2.45, 2.75) is 79.1 Å². The number of hydrogen-bond acceptors (Lipinski definition) is 7. The summed E-state index contributed by atoms with van der Waals surface area (Å²) >= 11 is 3.77. The minimum absolute atomic E-state index is 0.282. The van der Waals surface area contributed by atoms with Gasteiger partial charge in [-0.25, -0.2) is 4.98 Å². The monoisotopic (exact) mass is 629 g/mol. The molecule has 200 valence electrons. The van der Waals surface area contributed by atoms with E-state index in [0.717, 1.165) is 26.3 Å². The second-order valence-electron chi connectivity index (χ2n) is 9.72. The normalized spacial score (nSPS) is 17.0. The molecule has 0 aromatic carbocycles. The van der Waals surface area contributed by atoms with Crippen LogP contribution in [0.1, 0.15) is 64.6 Å². The zero-order valence-corrected chi connectivity index (χ0v) is 25.1. The fourth-order valence-electron chi connectivity index (χ4n) is 3.68. The van der Waals surface area contributed by atoms with Crippen molar-refractivity contribution >= 4 is 51.8 Å². The van der Waals surface area contributed by atoms with Crippen molar-refractivity contribution in [3.63, 3.8) is 0 Å². The summed E-state index contributed by atoms with van der Waals surface area (Å²) in [5, 5.41) is 24.2. The summed E-state index contributed by atoms with van der Waals surface area (Å²) in [4.78, 5) is 30.4. The number of aromatic nitrogens is 1. The SMILES string of the molecule is C=CC/C(I)=C\C[C@H](OC(=O)C[C@H](O)C(C)(C)C(=O)[C@H](C)[C@@H](O)[C@@H](C)C=C)/C(C)=C/c1csc(C)n1. The first-order valence-electron chi connectivity index (χ1n) is 12.0. The highest BCUT2D eigenvalue weighted by Crippen LogP contribution is 2.31. The van der Waals surface area contributed by atoms with Crippen molar-refractivity contribution in [3.05, 3.63) is 56.6 Å². The van der Waals surface area contributed by atoms with Crippen LogP contribution in [0.3, 0.4) is 0 Å². The van der Waals surface area contributed by atoms with Crippen molar-refractivity contribution < 1.29 is 24.5 Å². The lowest BCUT2D eigenvalue weighted by Gasteiger charge is -2.34. The number of hydrogen-bond donors (Lipinski definition) is 2. The average molecular weight is 630 g/mol. The topological polar surface area (TPSA) is 96.7 Å². The number of ether oxygens (including phenoxy) is 1. The minimum Gasteiger partial charge on any atom is -0.457 e. The summed E-state index contributed by atoms with van der Waals surface area (Å²) in [5.41, 5.74) is 0.375. The number of aliphatic hydroxyl groups is 2. The third kappa shape index (κ3) is 9.68. The van der Waals surface area contributed by atoms with Gasteiger partial charge >= 0.3 is 5.97 Å². The van der Waals surface area contributed by atoms with Crippen LogP contribution >= 0.6 is 33.9 Å². The number of carbonyl (C=O) groups is 2. The molecule has 0 radical (unpaired) electrons. The maximum absolute atomic E-state index is 13.1. The number of Topliss-reactive ketones (excluding diaryl/α,β-unsaturated/α-hetero) is 1. The molecule has 0 aliphatic heterocycles. The van der Waals surface area contributed by atoms with E-state index in [-0.39, 0.29) is 18.1 Å². The standard InChI is InChI=1S/C28H40INO5S/c1-9-11-21(29)12-13-23(18(4)14-22-16-36-20(6)30-22)35-25(32)15-24(31)28(7,8)27(34)19(5)26(33)17(3)10-2/h9-10,12,14,16-17,19,23-24,26,31,33H,1-2,11,13,15H2,3-8H3/b18-14+,21-12+/t17-,19+,23-,24-,26-/m0/s1. The Bertz CT molecular complexity index is 980. The number of thiazole rings is 1. The summed E-state index contributed by atoms with van der Waals surface area (Å²) in [6, 6.07) is 0. The van der Waals surface area contributed by atoms with E-state index < -0.39 is 35.6 Å². The van der Waals surface area contributed by atoms with E-state index in [1.165, 1.54) is 0 Å². The number of aliphatic hydroxyl groups excluding tert-OH is 2. The van der Waals surface area contributed by atoms with Crippen LogP contribution in [0.15, 0.2) is 45.9 Å². The Labute approximate surface area is 233 Å². The van der Waals surface area contributed by atoms with Crippen LogP contribution in [0.5, 0.6) is 0 Å². The second kappa shape index (κ2) is 15.0. The summed E-state index contributed by atoms with van der Waals surface area (Å²) in [6.45, 7) is 17.8. The molecule has 0 spiro atoms. The largest absolute Gasteiger partial charge is 0.457 e. The van der Waals surface area contributed by atoms with Gasteiger partial charge in [0.05, 0.1) is 34.7 Å². The molecule has 6 nitrogen and oxygen atoms in total. The molecule has 1 aromatic rings. The van der Waals surface area contributed by atoms with Gasteiger partial charge in [-0.1, -0.05) is 45.9 Å². The van der Waals surface area contributed by atoms with Gasteiger partial charge in [0.1, 0.15) is 11.9 Å². The van der Waals surface area contributed by atoms with Gasteiger partial charge in [-0.05, 0) is 58.1 Å². The van der Waals surface area contributed by atoms with Crippen LogP contribution in [-0.4, -0.2) is 45.3 Å². The second-order valence-corrected chi connectivity index (χ2v) is 12.2. The van der Waals surface area contributed by atoms with Gasteiger partial charge < -0.3 is 14.9 Å². The lowest BCUT2D eigenvalue weighted by atomic mass is 9.73. The molecule has 0 fully saturated rings. The molecule has 2 N–H and O–H groups in total. The predicted octanol–water partition coefficient (Wildman–Crippen LogP) is 6.22. The number of nitrogens with zero attached hydrogens (tertiary/aromatic N) is 1. The molecule has 0 saturated heterocycles. The van der Waals surface area contributed by atoms with Crippen molar-refractivity contribution in [3.8, 4) is 0 Å². The number of carbonyl (C=O) groups excluding carboxylic acids is 2. The van der Waals surface area contributed by atoms with Crippen LogP contribution < -0.4 is 0 Å². The van der Waals surface area contributed by atoms with Gasteiger partial charge in [0.15, 0.2) is 0 Å². The molecule has 0 unspecified atom stereocenters. The van der Waals surface area contributed by atoms with E-state index in [0.29, 0.717) is 6.42 Å². The summed E-state index contributed by atoms with van der Waals surface area (Å²) in [7, 11) is 0. The van der Waals surface area contributed by atoms with Crippen LogP contribution in [0.4, 0.5) is 0 Å². The van der Waals surface area contributed by atoms with Crippen LogP contribution in [0, 0.1) is 24.2 Å². The number of ketones is 1. The van der Waals surface area contributed by atoms with Crippen molar-refractivity contribution in [2.24, 2.45) is 17.3 Å². The first-order valence-corrected chi connectivity index (χ1v) is 14.0. The van der Waals surface area contributed by atoms with Gasteiger partial charge in [-0.15, -0.1) is 24.5 Å². The van der Waals surface area contributed by atoms with E-state index in [4.69, 9.17) is 4.74 Å². The highest BCUT2D eigenvalue weighted by Gasteiger charge is 2.42. The average Bonchev–Trinajstić information content (AvgIpc) is 3.23. The first-order chi connectivity index (χ1) is 16.7. The minimum atomic E-state index is -1.27. The molecule has 36 heavy (non-hydrogen) atoms. The third-order valence-electron chi connectivity index (χ3n) is 6.35. The smallest absolute Gasteiger partial charge is 0.309 e. The predicted molar refractivity (Wildman–Crippen MR) is 156 cm³/mol. The number of halogens is 1. The van der Waals surface area contributed by atoms with Crippen molar-refractivity contribution in [1.82, 2.24) is 4.98 Å². The van der Waals surface area contributed by atoms with Crippen molar-refractivity contribution in [1.29, 1.82) is 0 Å². The third-order valence-corrected chi connectivity index (χ3v) is 8.02. The van der Waals surface area contributed by atoms with Crippen LogP contribution in [0.2, 0.25) is 0 Å². The summed E-state index contributed by atoms with van der Waals surface area (Å²) in [5.74, 6) is -1.93. The van der Waals surface area contributed by atoms with Gasteiger partial charge in [0, 0.05) is 23.6 Å². The molecular weight excluding hydrogens is 589 g/mol. The summed E-state index contributed by atoms with van der Waals surface area (Å²) < 4.78 is 6.87. The quantitative estimate of drug-likeness (QED) is 0.136. The number of esters is 1. The van der Waals surface area contributed by atoms with Crippen LogP contribution in [0.25, 0.3) is 6.08 Å². The van der Waals surface area contributed by atoms with Gasteiger partial charge in [-0.2, -0.15) is 0 Å². The molecule has 0 amide bonds. The molecule has 1 rings (SSSR count). The Balaban J connectivity index is 3.01. The fraction of sp³-hybridized carbons (Fsp3) is 0.536. The molecule has 0 aliphatic rings. The molecule has 0 saturated carbocycles. The Morgan fingerprint density at radius 1 is 1.28 bits per heavy atom. The maximum atomic E-state index is 13.1. The lowest BCUT2D eigenvalue weighted by Crippen LogP contribution is -2.45. The Morgan fingerprint density at radius 3 is 2.44 bits per heavy atom. The number of aryl methyl sites for hydroxylation is 1. The number of allylic oxidation sites excluding steroid dienone is 2. The van der Waals surface area contributed by atoms with Gasteiger partial charge in [0.25, 0.3) is 0 Å². The fourth-order valence-corrected chi connectivity index (χ4v) is 4.81. The Kier molecular flexibility index (Phi) is 13.5. The zero-order valence-electron chi connectivity index (χ0n) is 22.2. The molecule has 0 aliphatic carbocycles. The maximum Gasteiger partial charge on any atom is 0.309 e. The highest BCUT2D eigenvalue weighted by atomic mass is 127. The van der Waals surface area contributed by atoms with Crippen LogP contribution in [-0.2, 0) is 14.3 Å². The van der Waals surface area contributed by atoms with Gasteiger partial charge in [-0.3, -0.25) is 9.59 Å². The highest BCUT2D eigenvalue weighted by molar-refractivity contribution is 14.1. The summed E-state index contributed by atoms with van der Waals surface area (Å²) in [6.07, 6.45) is 5.38. The van der Waals surface area contributed by atoms with E-state index in [1.807, 2.05) is 37.5 Å². The zero-order chi connectivity index (χ0) is 27.6. The van der Waals surface area contributed by atoms with E-state index >= 15 is 0 Å². The molecule has 5 atom stereocenters. The first kappa shape index (κ1) is 32.4. The Hall–Kier alpha value is -1.62. The van der Waals surface area contributed by atoms with Gasteiger partial charge in [0.2, 0.25) is 0 Å².